The third kappa shape index (κ3) is 4.39. The molecular weight excluding hydrogens is 395 g/mol. The largest absolute Gasteiger partial charge is 0.417 e. The third-order valence-corrected chi connectivity index (χ3v) is 4.88. The Morgan fingerprint density at radius 3 is 2.33 bits per heavy atom. The summed E-state index contributed by atoms with van der Waals surface area (Å²) in [4.78, 5) is 18.9. The Kier molecular flexibility index (Phi) is 6.00. The second kappa shape index (κ2) is 8.33. The molecule has 0 radical (unpaired) electrons. The summed E-state index contributed by atoms with van der Waals surface area (Å²) in [7, 11) is 0. The number of alkyl halides is 3. The molecular formula is C21H24F3N5O. The molecule has 0 fully saturated rings. The van der Waals surface area contributed by atoms with Crippen LogP contribution < -0.4 is 10.2 Å². The zero-order chi connectivity index (χ0) is 22.1. The van der Waals surface area contributed by atoms with Gasteiger partial charge in [0, 0.05) is 30.2 Å². The lowest BCUT2D eigenvalue weighted by Crippen LogP contribution is -2.22. The maximum atomic E-state index is 13.4. The lowest BCUT2D eigenvalue weighted by atomic mass is 10.1. The van der Waals surface area contributed by atoms with Gasteiger partial charge in [-0.05, 0) is 58.0 Å². The van der Waals surface area contributed by atoms with Crippen molar-refractivity contribution in [3.8, 4) is 0 Å². The summed E-state index contributed by atoms with van der Waals surface area (Å²) in [5.74, 6) is -0.396. The number of pyridine rings is 1. The molecule has 0 saturated heterocycles. The molecule has 3 aromatic rings. The van der Waals surface area contributed by atoms with Crippen LogP contribution in [0.25, 0.3) is 11.0 Å². The maximum Gasteiger partial charge on any atom is 0.417 e. The number of hydrogen-bond acceptors (Lipinski definition) is 4. The minimum absolute atomic E-state index is 0.0480. The van der Waals surface area contributed by atoms with E-state index in [1.165, 1.54) is 18.5 Å². The highest BCUT2D eigenvalue weighted by molar-refractivity contribution is 5.92. The summed E-state index contributed by atoms with van der Waals surface area (Å²) in [6.45, 7) is 8.61. The van der Waals surface area contributed by atoms with Crippen molar-refractivity contribution < 1.29 is 18.0 Å². The monoisotopic (exact) mass is 419 g/mol. The normalized spacial score (nSPS) is 11.7. The Hall–Kier alpha value is -3.10. The highest BCUT2D eigenvalue weighted by Gasteiger charge is 2.35. The number of aryl methyl sites for hydroxylation is 2. The highest BCUT2D eigenvalue weighted by Crippen LogP contribution is 2.36. The number of halogens is 3. The summed E-state index contributed by atoms with van der Waals surface area (Å²) in [6, 6.07) is 8.41. The van der Waals surface area contributed by atoms with Gasteiger partial charge in [0.05, 0.1) is 16.6 Å². The van der Waals surface area contributed by atoms with Crippen LogP contribution in [0.1, 0.15) is 30.8 Å². The fourth-order valence-electron chi connectivity index (χ4n) is 3.49. The number of nitrogens with zero attached hydrogens (tertiary/aromatic N) is 4. The van der Waals surface area contributed by atoms with Crippen LogP contribution >= 0.6 is 0 Å². The molecule has 0 bridgehead atoms. The number of benzene rings is 1. The van der Waals surface area contributed by atoms with E-state index in [4.69, 9.17) is 0 Å². The van der Waals surface area contributed by atoms with E-state index < -0.39 is 17.6 Å². The van der Waals surface area contributed by atoms with E-state index in [0.29, 0.717) is 5.69 Å². The van der Waals surface area contributed by atoms with Crippen LogP contribution in [0.15, 0.2) is 30.3 Å². The van der Waals surface area contributed by atoms with Crippen LogP contribution in [0.3, 0.4) is 0 Å². The Morgan fingerprint density at radius 1 is 1.13 bits per heavy atom. The van der Waals surface area contributed by atoms with Crippen molar-refractivity contribution in [1.82, 2.24) is 14.8 Å². The molecule has 0 unspecified atom stereocenters. The average molecular weight is 419 g/mol. The molecule has 0 aliphatic heterocycles. The number of amides is 1. The summed E-state index contributed by atoms with van der Waals surface area (Å²) < 4.78 is 41.5. The number of carbonyl (C=O) groups is 1. The van der Waals surface area contributed by atoms with Crippen molar-refractivity contribution in [1.29, 1.82) is 0 Å². The van der Waals surface area contributed by atoms with Crippen molar-refractivity contribution >= 4 is 28.3 Å². The van der Waals surface area contributed by atoms with Gasteiger partial charge in [-0.1, -0.05) is 0 Å². The predicted molar refractivity (Wildman–Crippen MR) is 111 cm³/mol. The molecule has 1 aromatic carbocycles. The number of nitrogens with one attached hydrogen (secondary N) is 1. The number of rotatable bonds is 6. The van der Waals surface area contributed by atoms with E-state index in [1.54, 1.807) is 12.1 Å². The van der Waals surface area contributed by atoms with Gasteiger partial charge in [0.1, 0.15) is 6.54 Å². The van der Waals surface area contributed by atoms with Crippen LogP contribution in [0.2, 0.25) is 0 Å². The minimum Gasteiger partial charge on any atom is -0.372 e. The van der Waals surface area contributed by atoms with E-state index in [0.717, 1.165) is 24.8 Å². The quantitative estimate of drug-likeness (QED) is 0.637. The third-order valence-electron chi connectivity index (χ3n) is 4.88. The Labute approximate surface area is 172 Å². The molecule has 0 saturated carbocycles. The van der Waals surface area contributed by atoms with Crippen LogP contribution in [0.5, 0.6) is 0 Å². The smallest absolute Gasteiger partial charge is 0.372 e. The summed E-state index contributed by atoms with van der Waals surface area (Å²) in [5, 5.41) is 6.81. The first-order valence-corrected chi connectivity index (χ1v) is 9.70. The van der Waals surface area contributed by atoms with Gasteiger partial charge in [0.15, 0.2) is 5.65 Å². The number of fused-ring (bicyclic) bond motifs is 1. The molecule has 160 valence electrons. The fourth-order valence-corrected chi connectivity index (χ4v) is 3.49. The van der Waals surface area contributed by atoms with Gasteiger partial charge in [-0.25, -0.2) is 9.67 Å². The second-order valence-electron chi connectivity index (χ2n) is 7.02. The van der Waals surface area contributed by atoms with E-state index in [-0.39, 0.29) is 29.0 Å². The van der Waals surface area contributed by atoms with Crippen LogP contribution in [0.4, 0.5) is 24.5 Å². The molecule has 0 atom stereocenters. The second-order valence-corrected chi connectivity index (χ2v) is 7.02. The minimum atomic E-state index is -4.53. The molecule has 0 aliphatic rings. The van der Waals surface area contributed by atoms with E-state index in [9.17, 15) is 18.0 Å². The van der Waals surface area contributed by atoms with E-state index >= 15 is 0 Å². The highest BCUT2D eigenvalue weighted by atomic mass is 19.4. The van der Waals surface area contributed by atoms with E-state index in [2.05, 4.69) is 34.1 Å². The van der Waals surface area contributed by atoms with Crippen LogP contribution in [-0.2, 0) is 17.5 Å². The van der Waals surface area contributed by atoms with Crippen molar-refractivity contribution in [2.45, 2.75) is 40.4 Å². The summed E-state index contributed by atoms with van der Waals surface area (Å²) in [6.07, 6.45) is -4.53. The molecule has 1 amide bonds. The average Bonchev–Trinajstić information content (AvgIpc) is 2.97. The predicted octanol–water partition coefficient (Wildman–Crippen LogP) is 4.55. The zero-order valence-corrected chi connectivity index (χ0v) is 17.3. The molecule has 2 aromatic heterocycles. The van der Waals surface area contributed by atoms with E-state index in [1.807, 2.05) is 12.1 Å². The number of anilines is 2. The van der Waals surface area contributed by atoms with Crippen molar-refractivity contribution in [3.63, 3.8) is 0 Å². The first-order chi connectivity index (χ1) is 14.1. The van der Waals surface area contributed by atoms with Gasteiger partial charge in [0.25, 0.3) is 0 Å². The Bertz CT molecular complexity index is 1050. The zero-order valence-electron chi connectivity index (χ0n) is 17.3. The maximum absolute atomic E-state index is 13.4. The molecule has 2 heterocycles. The van der Waals surface area contributed by atoms with Gasteiger partial charge >= 0.3 is 6.18 Å². The molecule has 0 spiro atoms. The van der Waals surface area contributed by atoms with Gasteiger partial charge in [0.2, 0.25) is 5.91 Å². The van der Waals surface area contributed by atoms with Crippen LogP contribution in [0, 0.1) is 13.8 Å². The number of aromatic nitrogens is 3. The van der Waals surface area contributed by atoms with Crippen molar-refractivity contribution in [3.05, 3.63) is 47.3 Å². The van der Waals surface area contributed by atoms with Crippen molar-refractivity contribution in [2.75, 3.05) is 23.3 Å². The molecule has 3 rings (SSSR count). The molecule has 30 heavy (non-hydrogen) atoms. The van der Waals surface area contributed by atoms with Crippen LogP contribution in [-0.4, -0.2) is 33.8 Å². The van der Waals surface area contributed by atoms with Gasteiger partial charge < -0.3 is 10.2 Å². The lowest BCUT2D eigenvalue weighted by molar-refractivity contribution is -0.136. The summed E-state index contributed by atoms with van der Waals surface area (Å²) in [5.41, 5.74) is 1.30. The SMILES string of the molecule is CCN(CC)c1ccc(NC(=O)Cn2nc(C)c3c(C(F)(F)F)cc(C)nc32)cc1. The number of hydrogen-bond donors (Lipinski definition) is 1. The fraction of sp³-hybridized carbons (Fsp3) is 0.381. The van der Waals surface area contributed by atoms with Gasteiger partial charge in [-0.3, -0.25) is 4.79 Å². The lowest BCUT2D eigenvalue weighted by Gasteiger charge is -2.21. The Morgan fingerprint density at radius 2 is 1.77 bits per heavy atom. The first kappa shape index (κ1) is 21.6. The molecule has 0 aliphatic carbocycles. The topological polar surface area (TPSA) is 63.1 Å². The number of carbonyl (C=O) groups excluding carboxylic acids is 1. The Balaban J connectivity index is 1.83. The molecule has 1 N–H and O–H groups in total. The molecule has 9 heteroatoms. The van der Waals surface area contributed by atoms with Crippen molar-refractivity contribution in [2.24, 2.45) is 0 Å². The first-order valence-electron chi connectivity index (χ1n) is 9.70. The van der Waals surface area contributed by atoms with Gasteiger partial charge in [-0.15, -0.1) is 0 Å². The van der Waals surface area contributed by atoms with Gasteiger partial charge in [-0.2, -0.15) is 18.3 Å². The standard InChI is InChI=1S/C21H24F3N5O/c1-5-28(6-2)16-9-7-15(8-10-16)26-18(30)12-29-20-19(14(4)27-29)17(21(22,23)24)11-13(3)25-20/h7-11H,5-6,12H2,1-4H3,(H,26,30). The molecule has 6 nitrogen and oxygen atoms in total. The summed E-state index contributed by atoms with van der Waals surface area (Å²) >= 11 is 0.